The van der Waals surface area contributed by atoms with E-state index in [1.54, 1.807) is 12.1 Å². The normalized spacial score (nSPS) is 14.1. The number of anilines is 2. The summed E-state index contributed by atoms with van der Waals surface area (Å²) in [7, 11) is 0. The van der Waals surface area contributed by atoms with E-state index in [1.807, 2.05) is 16.7 Å². The van der Waals surface area contributed by atoms with Crippen molar-refractivity contribution < 1.29 is 24.1 Å². The molecule has 13 nitrogen and oxygen atoms in total. The number of rotatable bonds is 6. The fourth-order valence-corrected chi connectivity index (χ4v) is 2.67. The van der Waals surface area contributed by atoms with Gasteiger partial charge >= 0.3 is 6.03 Å². The highest BCUT2D eigenvalue weighted by Crippen LogP contribution is 2.18. The van der Waals surface area contributed by atoms with E-state index >= 15 is 0 Å². The average molecular weight is 435 g/mol. The van der Waals surface area contributed by atoms with Gasteiger partial charge in [0.15, 0.2) is 5.92 Å². The first-order valence-electron chi connectivity index (χ1n) is 8.84. The SMILES string of the molecule is N#Cc1ccccc1NC(=O)/C(=N/Nc1ccc([N+](=O)[O-])cc1)C1C(=O)NC(=O)NC1=O. The van der Waals surface area contributed by atoms with Gasteiger partial charge in [-0.3, -0.25) is 40.6 Å². The van der Waals surface area contributed by atoms with Crippen LogP contribution in [0.5, 0.6) is 0 Å². The van der Waals surface area contributed by atoms with Crippen molar-refractivity contribution in [1.29, 1.82) is 5.26 Å². The van der Waals surface area contributed by atoms with E-state index in [0.717, 1.165) is 0 Å². The maximum absolute atomic E-state index is 12.9. The number of nitro groups is 1. The van der Waals surface area contributed by atoms with Crippen molar-refractivity contribution >= 4 is 46.5 Å². The van der Waals surface area contributed by atoms with E-state index in [-0.39, 0.29) is 22.6 Å². The smallest absolute Gasteiger partial charge is 0.320 e. The highest BCUT2D eigenvalue weighted by atomic mass is 16.6. The van der Waals surface area contributed by atoms with E-state index in [0.29, 0.717) is 0 Å². The molecule has 0 spiro atoms. The summed E-state index contributed by atoms with van der Waals surface area (Å²) in [6.07, 6.45) is 0. The van der Waals surface area contributed by atoms with Crippen LogP contribution in [0.2, 0.25) is 0 Å². The number of para-hydroxylation sites is 1. The number of nitrogens with one attached hydrogen (secondary N) is 4. The third kappa shape index (κ3) is 4.71. The Labute approximate surface area is 179 Å². The number of imide groups is 2. The molecule has 4 N–H and O–H groups in total. The quantitative estimate of drug-likeness (QED) is 0.222. The Morgan fingerprint density at radius 3 is 2.28 bits per heavy atom. The fourth-order valence-electron chi connectivity index (χ4n) is 2.67. The Balaban J connectivity index is 1.94. The molecular formula is C19H13N7O6. The predicted octanol–water partition coefficient (Wildman–Crippen LogP) is 0.855. The minimum absolute atomic E-state index is 0.107. The van der Waals surface area contributed by atoms with Gasteiger partial charge in [-0.15, -0.1) is 0 Å². The molecule has 1 fully saturated rings. The van der Waals surface area contributed by atoms with Crippen LogP contribution in [0.25, 0.3) is 0 Å². The van der Waals surface area contributed by atoms with Crippen LogP contribution in [0.15, 0.2) is 53.6 Å². The van der Waals surface area contributed by atoms with Crippen LogP contribution in [0, 0.1) is 27.4 Å². The fraction of sp³-hybridized carbons (Fsp3) is 0.0526. The number of hydrazone groups is 1. The maximum Gasteiger partial charge on any atom is 0.328 e. The average Bonchev–Trinajstić information content (AvgIpc) is 2.76. The van der Waals surface area contributed by atoms with Crippen LogP contribution < -0.4 is 21.4 Å². The zero-order valence-corrected chi connectivity index (χ0v) is 16.0. The van der Waals surface area contributed by atoms with E-state index < -0.39 is 40.3 Å². The van der Waals surface area contributed by atoms with Gasteiger partial charge in [0, 0.05) is 12.1 Å². The molecule has 32 heavy (non-hydrogen) atoms. The molecule has 3 rings (SSSR count). The molecule has 0 aliphatic carbocycles. The number of nitro benzene ring substituents is 1. The van der Waals surface area contributed by atoms with Crippen LogP contribution in [-0.2, 0) is 14.4 Å². The molecule has 1 aliphatic heterocycles. The van der Waals surface area contributed by atoms with Gasteiger partial charge in [-0.25, -0.2) is 4.79 Å². The molecule has 1 saturated heterocycles. The Hall–Kier alpha value is -5.12. The van der Waals surface area contributed by atoms with Gasteiger partial charge < -0.3 is 5.32 Å². The summed E-state index contributed by atoms with van der Waals surface area (Å²) in [5.74, 6) is -4.93. The summed E-state index contributed by atoms with van der Waals surface area (Å²) in [5, 5.41) is 29.9. The lowest BCUT2D eigenvalue weighted by Gasteiger charge is -2.21. The van der Waals surface area contributed by atoms with Crippen molar-refractivity contribution in [3.05, 3.63) is 64.2 Å². The number of nitriles is 1. The highest BCUT2D eigenvalue weighted by Gasteiger charge is 2.41. The minimum atomic E-state index is -1.78. The first-order valence-corrected chi connectivity index (χ1v) is 8.84. The molecular weight excluding hydrogens is 422 g/mol. The van der Waals surface area contributed by atoms with Crippen LogP contribution in [0.4, 0.5) is 21.9 Å². The second-order valence-corrected chi connectivity index (χ2v) is 6.26. The number of barbiturate groups is 1. The number of carbonyl (C=O) groups excluding carboxylic acids is 4. The Morgan fingerprint density at radius 2 is 1.69 bits per heavy atom. The largest absolute Gasteiger partial charge is 0.328 e. The highest BCUT2D eigenvalue weighted by molar-refractivity contribution is 6.51. The molecule has 13 heteroatoms. The first kappa shape index (κ1) is 21.6. The standard InChI is InChI=1S/C19H13N7O6/c20-9-10-3-1-2-4-13(10)21-18(29)15(14-16(27)22-19(30)23-17(14)28)25-24-11-5-7-12(8-6-11)26(31)32/h1-8,14,24H,(H,21,29)(H2,22,23,27,28,30)/b25-15+. The number of urea groups is 1. The maximum atomic E-state index is 12.9. The first-order chi connectivity index (χ1) is 15.3. The molecule has 2 aromatic rings. The lowest BCUT2D eigenvalue weighted by Crippen LogP contribution is -2.59. The number of nitrogens with zero attached hydrogens (tertiary/aromatic N) is 3. The lowest BCUT2D eigenvalue weighted by atomic mass is 9.98. The third-order valence-electron chi connectivity index (χ3n) is 4.18. The van der Waals surface area contributed by atoms with Crippen molar-refractivity contribution in [1.82, 2.24) is 10.6 Å². The van der Waals surface area contributed by atoms with Crippen molar-refractivity contribution in [2.45, 2.75) is 0 Å². The second kappa shape index (κ2) is 9.13. The summed E-state index contributed by atoms with van der Waals surface area (Å²) in [6.45, 7) is 0. The number of carbonyl (C=O) groups is 4. The molecule has 1 aliphatic rings. The van der Waals surface area contributed by atoms with Gasteiger partial charge in [-0.05, 0) is 24.3 Å². The summed E-state index contributed by atoms with van der Waals surface area (Å²) in [4.78, 5) is 58.9. The van der Waals surface area contributed by atoms with Crippen LogP contribution in [-0.4, -0.2) is 34.4 Å². The lowest BCUT2D eigenvalue weighted by molar-refractivity contribution is -0.384. The number of hydrogen-bond acceptors (Lipinski definition) is 9. The molecule has 5 amide bonds. The summed E-state index contributed by atoms with van der Waals surface area (Å²) in [5.41, 5.74) is 2.10. The van der Waals surface area contributed by atoms with Crippen LogP contribution >= 0.6 is 0 Å². The van der Waals surface area contributed by atoms with E-state index in [1.165, 1.54) is 36.4 Å². The summed E-state index contributed by atoms with van der Waals surface area (Å²) in [6, 6.07) is 11.8. The molecule has 0 atom stereocenters. The molecule has 0 unspecified atom stereocenters. The zero-order chi connectivity index (χ0) is 23.3. The van der Waals surface area contributed by atoms with Crippen molar-refractivity contribution in [3.63, 3.8) is 0 Å². The van der Waals surface area contributed by atoms with Gasteiger partial charge in [0.2, 0.25) is 11.8 Å². The van der Waals surface area contributed by atoms with Crippen LogP contribution in [0.1, 0.15) is 5.56 Å². The number of amides is 5. The Morgan fingerprint density at radius 1 is 1.06 bits per heavy atom. The number of benzene rings is 2. The number of non-ortho nitro benzene ring substituents is 1. The molecule has 2 aromatic carbocycles. The topological polar surface area (TPSA) is 196 Å². The van der Waals surface area contributed by atoms with Gasteiger partial charge in [-0.2, -0.15) is 10.4 Å². The van der Waals surface area contributed by atoms with E-state index in [9.17, 15) is 34.6 Å². The zero-order valence-electron chi connectivity index (χ0n) is 16.0. The predicted molar refractivity (Wildman–Crippen MR) is 109 cm³/mol. The van der Waals surface area contributed by atoms with Crippen molar-refractivity contribution in [2.24, 2.45) is 11.0 Å². The molecule has 1 heterocycles. The van der Waals surface area contributed by atoms with E-state index in [4.69, 9.17) is 0 Å². The van der Waals surface area contributed by atoms with Crippen molar-refractivity contribution in [3.8, 4) is 6.07 Å². The third-order valence-corrected chi connectivity index (χ3v) is 4.18. The van der Waals surface area contributed by atoms with E-state index in [2.05, 4.69) is 15.8 Å². The minimum Gasteiger partial charge on any atom is -0.320 e. The number of hydrogen-bond donors (Lipinski definition) is 4. The van der Waals surface area contributed by atoms with Gasteiger partial charge in [0.25, 0.3) is 11.6 Å². The molecule has 160 valence electrons. The summed E-state index contributed by atoms with van der Waals surface area (Å²) >= 11 is 0. The summed E-state index contributed by atoms with van der Waals surface area (Å²) < 4.78 is 0. The molecule has 0 saturated carbocycles. The van der Waals surface area contributed by atoms with Gasteiger partial charge in [0.05, 0.1) is 21.9 Å². The Bertz CT molecular complexity index is 1180. The monoisotopic (exact) mass is 435 g/mol. The molecule has 0 radical (unpaired) electrons. The molecule has 0 bridgehead atoms. The second-order valence-electron chi connectivity index (χ2n) is 6.26. The van der Waals surface area contributed by atoms with Gasteiger partial charge in [-0.1, -0.05) is 12.1 Å². The Kier molecular flexibility index (Phi) is 6.16. The van der Waals surface area contributed by atoms with Gasteiger partial charge in [0.1, 0.15) is 11.8 Å². The molecule has 0 aromatic heterocycles. The van der Waals surface area contributed by atoms with Crippen molar-refractivity contribution in [2.75, 3.05) is 10.7 Å². The van der Waals surface area contributed by atoms with Crippen LogP contribution in [0.3, 0.4) is 0 Å².